The average molecular weight is 278 g/mol. The van der Waals surface area contributed by atoms with Gasteiger partial charge >= 0.3 is 12.0 Å². The molecule has 0 aliphatic heterocycles. The number of carboxylic acids is 1. The molecular weight excluding hydrogens is 256 g/mol. The second-order valence-electron chi connectivity index (χ2n) is 4.92. The molecule has 5 heteroatoms. The van der Waals surface area contributed by atoms with Crippen LogP contribution in [-0.2, 0) is 11.2 Å². The van der Waals surface area contributed by atoms with E-state index in [9.17, 15) is 9.59 Å². The number of carbonyl (C=O) groups is 2. The summed E-state index contributed by atoms with van der Waals surface area (Å²) in [6, 6.07) is 7.42. The third-order valence-corrected chi connectivity index (χ3v) is 3.08. The number of rotatable bonds is 7. The molecule has 0 radical (unpaired) electrons. The highest BCUT2D eigenvalue weighted by Gasteiger charge is 2.07. The van der Waals surface area contributed by atoms with E-state index in [0.717, 1.165) is 12.1 Å². The zero-order valence-corrected chi connectivity index (χ0v) is 12.0. The van der Waals surface area contributed by atoms with Crippen molar-refractivity contribution in [2.75, 3.05) is 11.9 Å². The van der Waals surface area contributed by atoms with Crippen LogP contribution in [-0.4, -0.2) is 23.7 Å². The van der Waals surface area contributed by atoms with Crippen LogP contribution in [0.4, 0.5) is 10.5 Å². The molecular formula is C15H22N2O3. The van der Waals surface area contributed by atoms with Crippen molar-refractivity contribution < 1.29 is 14.7 Å². The van der Waals surface area contributed by atoms with E-state index in [1.54, 1.807) is 0 Å². The van der Waals surface area contributed by atoms with Crippen molar-refractivity contribution in [1.82, 2.24) is 5.32 Å². The summed E-state index contributed by atoms with van der Waals surface area (Å²) in [5.41, 5.74) is 1.97. The van der Waals surface area contributed by atoms with E-state index in [0.29, 0.717) is 13.0 Å². The molecule has 3 N–H and O–H groups in total. The molecule has 2 amide bonds. The van der Waals surface area contributed by atoms with Gasteiger partial charge in [-0.25, -0.2) is 4.79 Å². The molecule has 1 unspecified atom stereocenters. The van der Waals surface area contributed by atoms with Gasteiger partial charge in [0.15, 0.2) is 0 Å². The Morgan fingerprint density at radius 3 is 2.45 bits per heavy atom. The molecule has 0 fully saturated rings. The van der Waals surface area contributed by atoms with Crippen molar-refractivity contribution in [3.05, 3.63) is 29.8 Å². The first-order valence-electron chi connectivity index (χ1n) is 6.86. The number of aryl methyl sites for hydroxylation is 1. The number of amides is 2. The highest BCUT2D eigenvalue weighted by Crippen LogP contribution is 2.10. The molecule has 0 aliphatic rings. The predicted octanol–water partition coefficient (Wildman–Crippen LogP) is 2.87. The second kappa shape index (κ2) is 8.19. The first-order valence-corrected chi connectivity index (χ1v) is 6.86. The fraction of sp³-hybridized carbons (Fsp3) is 0.467. The first-order chi connectivity index (χ1) is 9.51. The number of urea groups is 1. The molecule has 0 spiro atoms. The van der Waals surface area contributed by atoms with Gasteiger partial charge in [0, 0.05) is 18.7 Å². The quantitative estimate of drug-likeness (QED) is 0.717. The van der Waals surface area contributed by atoms with E-state index in [-0.39, 0.29) is 18.4 Å². The lowest BCUT2D eigenvalue weighted by molar-refractivity contribution is -0.137. The van der Waals surface area contributed by atoms with Crippen LogP contribution >= 0.6 is 0 Å². The van der Waals surface area contributed by atoms with Crippen LogP contribution in [0.2, 0.25) is 0 Å². The number of hydrogen-bond acceptors (Lipinski definition) is 2. The Labute approximate surface area is 119 Å². The Kier molecular flexibility index (Phi) is 6.56. The topological polar surface area (TPSA) is 78.4 Å². The summed E-state index contributed by atoms with van der Waals surface area (Å²) in [6.07, 6.45) is 1.65. The molecule has 0 saturated heterocycles. The maximum Gasteiger partial charge on any atom is 0.319 e. The summed E-state index contributed by atoms with van der Waals surface area (Å²) in [6.45, 7) is 4.46. The minimum absolute atomic E-state index is 0.128. The van der Waals surface area contributed by atoms with Crippen LogP contribution in [0.15, 0.2) is 24.3 Å². The normalized spacial score (nSPS) is 11.7. The Bertz CT molecular complexity index is 443. The third kappa shape index (κ3) is 6.22. The molecule has 20 heavy (non-hydrogen) atoms. The number of aliphatic carboxylic acids is 1. The lowest BCUT2D eigenvalue weighted by Crippen LogP contribution is -2.32. The minimum atomic E-state index is -0.808. The SMILES string of the molecule is CCc1ccc(NC(=O)NCC(C)CCC(=O)O)cc1. The molecule has 1 aromatic rings. The van der Waals surface area contributed by atoms with Crippen molar-refractivity contribution in [1.29, 1.82) is 0 Å². The minimum Gasteiger partial charge on any atom is -0.481 e. The van der Waals surface area contributed by atoms with Gasteiger partial charge < -0.3 is 15.7 Å². The molecule has 5 nitrogen and oxygen atoms in total. The molecule has 0 heterocycles. The largest absolute Gasteiger partial charge is 0.481 e. The highest BCUT2D eigenvalue weighted by molar-refractivity contribution is 5.89. The summed E-state index contributed by atoms with van der Waals surface area (Å²) in [5.74, 6) is -0.670. The molecule has 0 aliphatic carbocycles. The number of hydrogen-bond donors (Lipinski definition) is 3. The molecule has 0 aromatic heterocycles. The lowest BCUT2D eigenvalue weighted by Gasteiger charge is -2.12. The van der Waals surface area contributed by atoms with E-state index in [2.05, 4.69) is 17.6 Å². The van der Waals surface area contributed by atoms with E-state index in [1.807, 2.05) is 31.2 Å². The van der Waals surface area contributed by atoms with Gasteiger partial charge in [-0.3, -0.25) is 4.79 Å². The summed E-state index contributed by atoms with van der Waals surface area (Å²) >= 11 is 0. The second-order valence-corrected chi connectivity index (χ2v) is 4.92. The van der Waals surface area contributed by atoms with Crippen LogP contribution in [0.5, 0.6) is 0 Å². The summed E-state index contributed by atoms with van der Waals surface area (Å²) < 4.78 is 0. The number of anilines is 1. The zero-order chi connectivity index (χ0) is 15.0. The van der Waals surface area contributed by atoms with Gasteiger partial charge in [-0.1, -0.05) is 26.0 Å². The lowest BCUT2D eigenvalue weighted by atomic mass is 10.1. The Balaban J connectivity index is 2.30. The van der Waals surface area contributed by atoms with Crippen molar-refractivity contribution in [3.63, 3.8) is 0 Å². The monoisotopic (exact) mass is 278 g/mol. The van der Waals surface area contributed by atoms with Crippen LogP contribution in [0.25, 0.3) is 0 Å². The average Bonchev–Trinajstić information content (AvgIpc) is 2.43. The molecule has 0 saturated carbocycles. The number of benzene rings is 1. The fourth-order valence-electron chi connectivity index (χ4n) is 1.74. The maximum atomic E-state index is 11.7. The molecule has 1 atom stereocenters. The van der Waals surface area contributed by atoms with E-state index in [4.69, 9.17) is 5.11 Å². The van der Waals surface area contributed by atoms with Gasteiger partial charge in [-0.2, -0.15) is 0 Å². The predicted molar refractivity (Wildman–Crippen MR) is 78.9 cm³/mol. The Hall–Kier alpha value is -2.04. The molecule has 0 bridgehead atoms. The van der Waals surface area contributed by atoms with Gasteiger partial charge in [0.05, 0.1) is 0 Å². The third-order valence-electron chi connectivity index (χ3n) is 3.08. The van der Waals surface area contributed by atoms with E-state index < -0.39 is 5.97 Å². The number of carbonyl (C=O) groups excluding carboxylic acids is 1. The van der Waals surface area contributed by atoms with Crippen LogP contribution in [0.3, 0.4) is 0 Å². The fourth-order valence-corrected chi connectivity index (χ4v) is 1.74. The number of carboxylic acid groups (broad SMARTS) is 1. The van der Waals surface area contributed by atoms with Crippen molar-refractivity contribution in [3.8, 4) is 0 Å². The van der Waals surface area contributed by atoms with Crippen LogP contribution in [0.1, 0.15) is 32.3 Å². The van der Waals surface area contributed by atoms with Crippen molar-refractivity contribution >= 4 is 17.7 Å². The Morgan fingerprint density at radius 2 is 1.90 bits per heavy atom. The van der Waals surface area contributed by atoms with E-state index >= 15 is 0 Å². The maximum absolute atomic E-state index is 11.7. The zero-order valence-electron chi connectivity index (χ0n) is 12.0. The molecule has 1 aromatic carbocycles. The van der Waals surface area contributed by atoms with Crippen molar-refractivity contribution in [2.45, 2.75) is 33.1 Å². The summed E-state index contributed by atoms with van der Waals surface area (Å²) in [5, 5.41) is 14.1. The molecule has 110 valence electrons. The van der Waals surface area contributed by atoms with Crippen LogP contribution < -0.4 is 10.6 Å². The van der Waals surface area contributed by atoms with Crippen molar-refractivity contribution in [2.24, 2.45) is 5.92 Å². The van der Waals surface area contributed by atoms with Gasteiger partial charge in [0.1, 0.15) is 0 Å². The van der Waals surface area contributed by atoms with Gasteiger partial charge in [0.25, 0.3) is 0 Å². The van der Waals surface area contributed by atoms with Gasteiger partial charge in [-0.05, 0) is 36.5 Å². The Morgan fingerprint density at radius 1 is 1.25 bits per heavy atom. The molecule has 1 rings (SSSR count). The van der Waals surface area contributed by atoms with E-state index in [1.165, 1.54) is 5.56 Å². The van der Waals surface area contributed by atoms with Gasteiger partial charge in [-0.15, -0.1) is 0 Å². The first kappa shape index (κ1) is 16.0. The van der Waals surface area contributed by atoms with Gasteiger partial charge in [0.2, 0.25) is 0 Å². The smallest absolute Gasteiger partial charge is 0.319 e. The summed E-state index contributed by atoms with van der Waals surface area (Å²) in [4.78, 5) is 22.1. The van der Waals surface area contributed by atoms with Crippen LogP contribution in [0, 0.1) is 5.92 Å². The number of nitrogens with one attached hydrogen (secondary N) is 2. The summed E-state index contributed by atoms with van der Waals surface area (Å²) in [7, 11) is 0. The highest BCUT2D eigenvalue weighted by atomic mass is 16.4. The standard InChI is InChI=1S/C15H22N2O3/c1-3-12-5-7-13(8-6-12)17-15(20)16-10-11(2)4-9-14(18)19/h5-8,11H,3-4,9-10H2,1-2H3,(H,18,19)(H2,16,17,20).